The quantitative estimate of drug-likeness (QED) is 0.225. The van der Waals surface area contributed by atoms with E-state index in [2.05, 4.69) is 39.8 Å². The second kappa shape index (κ2) is 17.6. The molecular weight excluding hydrogens is 373 g/mol. The summed E-state index contributed by atoms with van der Waals surface area (Å²) >= 11 is 2.30. The highest BCUT2D eigenvalue weighted by atomic mass is 127. The molecule has 0 saturated heterocycles. The number of halogens is 1. The molecule has 0 unspecified atom stereocenters. The zero-order valence-electron chi connectivity index (χ0n) is 12.9. The van der Waals surface area contributed by atoms with Gasteiger partial charge < -0.3 is 18.9 Å². The molecule has 0 saturated carbocycles. The maximum absolute atomic E-state index is 5.49. The molecule has 0 spiro atoms. The van der Waals surface area contributed by atoms with Crippen molar-refractivity contribution in [2.75, 3.05) is 65.9 Å². The molecule has 5 nitrogen and oxygen atoms in total. The summed E-state index contributed by atoms with van der Waals surface area (Å²) in [5.74, 6) is 0. The van der Waals surface area contributed by atoms with Crippen LogP contribution in [0.15, 0.2) is 0 Å². The van der Waals surface area contributed by atoms with E-state index in [4.69, 9.17) is 18.9 Å². The van der Waals surface area contributed by atoms with E-state index in [1.165, 1.54) is 0 Å². The molecule has 0 bridgehead atoms. The Hall–Kier alpha value is 0.530. The molecule has 0 heterocycles. The average molecular weight is 403 g/mol. The first kappa shape index (κ1) is 20.5. The molecule has 0 aromatic rings. The lowest BCUT2D eigenvalue weighted by Crippen LogP contribution is -2.23. The predicted molar refractivity (Wildman–Crippen MR) is 89.5 cm³/mol. The first-order valence-corrected chi connectivity index (χ1v) is 8.49. The van der Waals surface area contributed by atoms with Crippen LogP contribution in [-0.2, 0) is 18.9 Å². The molecule has 0 N–H and O–H groups in total. The van der Waals surface area contributed by atoms with E-state index < -0.39 is 0 Å². The maximum atomic E-state index is 5.49. The molecule has 0 atom stereocenters. The molecule has 0 fully saturated rings. The second-order valence-corrected chi connectivity index (χ2v) is 5.72. The third-order valence-electron chi connectivity index (χ3n) is 2.40. The molecule has 0 amide bonds. The highest BCUT2D eigenvalue weighted by Crippen LogP contribution is 1.98. The van der Waals surface area contributed by atoms with E-state index in [1.807, 2.05) is 0 Å². The van der Waals surface area contributed by atoms with E-state index >= 15 is 0 Å². The van der Waals surface area contributed by atoms with E-state index in [9.17, 15) is 0 Å². The number of hydrogen-bond donors (Lipinski definition) is 0. The van der Waals surface area contributed by atoms with Crippen molar-refractivity contribution in [2.24, 2.45) is 0 Å². The molecular formula is C14H30INO4. The smallest absolute Gasteiger partial charge is 0.0701 e. The van der Waals surface area contributed by atoms with Crippen LogP contribution in [0.25, 0.3) is 0 Å². The number of hydrogen-bond acceptors (Lipinski definition) is 5. The van der Waals surface area contributed by atoms with Gasteiger partial charge in [0.05, 0.1) is 39.6 Å². The van der Waals surface area contributed by atoms with Crippen molar-refractivity contribution in [1.29, 1.82) is 0 Å². The van der Waals surface area contributed by atoms with Crippen LogP contribution in [0.5, 0.6) is 0 Å². The SMILES string of the molecule is CCCOCCOCCN(I)CCOCCOCCC. The summed E-state index contributed by atoms with van der Waals surface area (Å²) in [6, 6.07) is 0. The fourth-order valence-corrected chi connectivity index (χ4v) is 1.77. The van der Waals surface area contributed by atoms with Crippen LogP contribution in [0.4, 0.5) is 0 Å². The normalized spacial score (nSPS) is 11.4. The first-order valence-electron chi connectivity index (χ1n) is 7.53. The lowest BCUT2D eigenvalue weighted by atomic mass is 10.5. The number of nitrogens with zero attached hydrogens (tertiary/aromatic N) is 1. The summed E-state index contributed by atoms with van der Waals surface area (Å²) in [6.07, 6.45) is 2.12. The van der Waals surface area contributed by atoms with Crippen LogP contribution in [0, 0.1) is 0 Å². The Labute approximate surface area is 137 Å². The Bertz CT molecular complexity index is 169. The Morgan fingerprint density at radius 2 is 0.950 bits per heavy atom. The van der Waals surface area contributed by atoms with Crippen LogP contribution in [0.1, 0.15) is 26.7 Å². The molecule has 0 aromatic heterocycles. The third-order valence-corrected chi connectivity index (χ3v) is 3.36. The van der Waals surface area contributed by atoms with Crippen LogP contribution < -0.4 is 0 Å². The minimum atomic E-state index is 0.676. The first-order chi connectivity index (χ1) is 9.81. The van der Waals surface area contributed by atoms with Crippen LogP contribution in [0.3, 0.4) is 0 Å². The van der Waals surface area contributed by atoms with Crippen LogP contribution in [0.2, 0.25) is 0 Å². The summed E-state index contributed by atoms with van der Waals surface area (Å²) in [5.41, 5.74) is 0. The minimum absolute atomic E-state index is 0.676. The van der Waals surface area contributed by atoms with E-state index in [0.717, 1.165) is 52.4 Å². The molecule has 6 heteroatoms. The molecule has 20 heavy (non-hydrogen) atoms. The van der Waals surface area contributed by atoms with Gasteiger partial charge >= 0.3 is 0 Å². The fraction of sp³-hybridized carbons (Fsp3) is 1.00. The molecule has 0 aliphatic heterocycles. The van der Waals surface area contributed by atoms with Gasteiger partial charge in [0.1, 0.15) is 0 Å². The summed E-state index contributed by atoms with van der Waals surface area (Å²) in [6.45, 7) is 11.9. The fourth-order valence-electron chi connectivity index (χ4n) is 1.37. The van der Waals surface area contributed by atoms with Crippen LogP contribution in [-0.4, -0.2) is 69.1 Å². The zero-order chi connectivity index (χ0) is 14.9. The van der Waals surface area contributed by atoms with Crippen molar-refractivity contribution in [2.45, 2.75) is 26.7 Å². The number of rotatable bonds is 16. The Kier molecular flexibility index (Phi) is 18.0. The summed E-state index contributed by atoms with van der Waals surface area (Å²) in [7, 11) is 0. The number of ether oxygens (including phenoxy) is 4. The molecule has 0 aliphatic rings. The highest BCUT2D eigenvalue weighted by molar-refractivity contribution is 14.1. The van der Waals surface area contributed by atoms with Gasteiger partial charge in [-0.15, -0.1) is 0 Å². The van der Waals surface area contributed by atoms with E-state index in [0.29, 0.717) is 26.4 Å². The molecule has 0 aromatic carbocycles. The van der Waals surface area contributed by atoms with Gasteiger partial charge in [-0.05, 0) is 12.8 Å². The summed E-state index contributed by atoms with van der Waals surface area (Å²) < 4.78 is 23.8. The summed E-state index contributed by atoms with van der Waals surface area (Å²) in [5, 5.41) is 0. The minimum Gasteiger partial charge on any atom is -0.379 e. The predicted octanol–water partition coefficient (Wildman–Crippen LogP) is 2.52. The topological polar surface area (TPSA) is 40.2 Å². The summed E-state index contributed by atoms with van der Waals surface area (Å²) in [4.78, 5) is 0. The van der Waals surface area contributed by atoms with Crippen molar-refractivity contribution in [3.05, 3.63) is 0 Å². The monoisotopic (exact) mass is 403 g/mol. The van der Waals surface area contributed by atoms with E-state index in [1.54, 1.807) is 0 Å². The maximum Gasteiger partial charge on any atom is 0.0701 e. The van der Waals surface area contributed by atoms with Gasteiger partial charge in [0.25, 0.3) is 0 Å². The molecule has 122 valence electrons. The Morgan fingerprint density at radius 3 is 1.30 bits per heavy atom. The average Bonchev–Trinajstić information content (AvgIpc) is 2.45. The van der Waals surface area contributed by atoms with Gasteiger partial charge in [-0.25, -0.2) is 3.11 Å². The third kappa shape index (κ3) is 16.6. The molecule has 0 aliphatic carbocycles. The van der Waals surface area contributed by atoms with Gasteiger partial charge in [-0.2, -0.15) is 0 Å². The van der Waals surface area contributed by atoms with Crippen molar-refractivity contribution in [3.8, 4) is 0 Å². The lowest BCUT2D eigenvalue weighted by Gasteiger charge is -2.14. The second-order valence-electron chi connectivity index (χ2n) is 4.36. The lowest BCUT2D eigenvalue weighted by molar-refractivity contribution is 0.0372. The van der Waals surface area contributed by atoms with Gasteiger partial charge in [-0.1, -0.05) is 13.8 Å². The van der Waals surface area contributed by atoms with Gasteiger partial charge in [0.15, 0.2) is 0 Å². The van der Waals surface area contributed by atoms with Crippen molar-refractivity contribution in [1.82, 2.24) is 3.11 Å². The van der Waals surface area contributed by atoms with Gasteiger partial charge in [-0.3, -0.25) is 0 Å². The van der Waals surface area contributed by atoms with Gasteiger partial charge in [0.2, 0.25) is 0 Å². The largest absolute Gasteiger partial charge is 0.379 e. The Morgan fingerprint density at radius 1 is 0.600 bits per heavy atom. The Balaban J connectivity index is 3.11. The standard InChI is InChI=1S/C14H30INO4/c1-3-7-17-11-13-19-9-5-16(15)6-10-20-14-12-18-8-4-2/h3-14H2,1-2H3. The molecule has 0 rings (SSSR count). The van der Waals surface area contributed by atoms with Gasteiger partial charge in [0, 0.05) is 49.2 Å². The van der Waals surface area contributed by atoms with Crippen molar-refractivity contribution < 1.29 is 18.9 Å². The van der Waals surface area contributed by atoms with E-state index in [-0.39, 0.29) is 0 Å². The zero-order valence-corrected chi connectivity index (χ0v) is 15.1. The van der Waals surface area contributed by atoms with Crippen molar-refractivity contribution >= 4 is 22.9 Å². The van der Waals surface area contributed by atoms with Crippen molar-refractivity contribution in [3.63, 3.8) is 0 Å². The van der Waals surface area contributed by atoms with Crippen LogP contribution >= 0.6 is 22.9 Å². The highest BCUT2D eigenvalue weighted by Gasteiger charge is 2.00. The molecule has 0 radical (unpaired) electrons.